The van der Waals surface area contributed by atoms with Crippen molar-refractivity contribution in [2.24, 2.45) is 0 Å². The normalized spacial score (nSPS) is 14.1. The number of hydrogen-bond acceptors (Lipinski definition) is 8. The lowest BCUT2D eigenvalue weighted by Crippen LogP contribution is -2.42. The molecule has 2 heterocycles. The van der Waals surface area contributed by atoms with E-state index in [0.29, 0.717) is 60.8 Å². The van der Waals surface area contributed by atoms with Crippen molar-refractivity contribution in [1.82, 2.24) is 19.8 Å². The molecule has 0 radical (unpaired) electrons. The van der Waals surface area contributed by atoms with Crippen molar-refractivity contribution < 1.29 is 23.4 Å². The van der Waals surface area contributed by atoms with E-state index in [0.717, 1.165) is 19.6 Å². The predicted octanol–water partition coefficient (Wildman–Crippen LogP) is 5.50. The van der Waals surface area contributed by atoms with E-state index >= 15 is 0 Å². The molecule has 3 aromatic rings. The van der Waals surface area contributed by atoms with Gasteiger partial charge in [-0.15, -0.1) is 0 Å². The van der Waals surface area contributed by atoms with Gasteiger partial charge in [-0.1, -0.05) is 31.5 Å². The van der Waals surface area contributed by atoms with Gasteiger partial charge in [-0.25, -0.2) is 19.2 Å². The van der Waals surface area contributed by atoms with Crippen molar-refractivity contribution in [3.63, 3.8) is 0 Å². The number of aromatic nitrogens is 2. The van der Waals surface area contributed by atoms with Gasteiger partial charge in [-0.3, -0.25) is 0 Å². The molecule has 1 amide bonds. The van der Waals surface area contributed by atoms with Gasteiger partial charge < -0.3 is 29.3 Å². The minimum Gasteiger partial charge on any atom is -0.493 e. The van der Waals surface area contributed by atoms with Gasteiger partial charge in [-0.2, -0.15) is 0 Å². The van der Waals surface area contributed by atoms with Crippen LogP contribution in [-0.2, 0) is 4.74 Å². The van der Waals surface area contributed by atoms with Crippen molar-refractivity contribution in [2.45, 2.75) is 32.8 Å². The van der Waals surface area contributed by atoms with Crippen LogP contribution < -0.4 is 14.8 Å². The third-order valence-corrected chi connectivity index (χ3v) is 6.94. The maximum Gasteiger partial charge on any atom is 0.409 e. The second-order valence-electron chi connectivity index (χ2n) is 8.91. The molecule has 0 bridgehead atoms. The van der Waals surface area contributed by atoms with Crippen LogP contribution >= 0.6 is 11.6 Å². The van der Waals surface area contributed by atoms with Gasteiger partial charge >= 0.3 is 6.09 Å². The first-order valence-corrected chi connectivity index (χ1v) is 13.2. The number of ether oxygens (including phenoxy) is 3. The number of benzene rings is 2. The van der Waals surface area contributed by atoms with Crippen LogP contribution in [0.2, 0.25) is 5.02 Å². The predicted molar refractivity (Wildman–Crippen MR) is 145 cm³/mol. The summed E-state index contributed by atoms with van der Waals surface area (Å²) in [5.74, 6) is 0.884. The summed E-state index contributed by atoms with van der Waals surface area (Å²) in [5, 5.41) is 3.65. The zero-order valence-electron chi connectivity index (χ0n) is 21.9. The second-order valence-corrected chi connectivity index (χ2v) is 9.32. The Bertz CT molecular complexity index is 1250. The Kier molecular flexibility index (Phi) is 9.41. The quantitative estimate of drug-likeness (QED) is 0.357. The Morgan fingerprint density at radius 1 is 1.18 bits per heavy atom. The van der Waals surface area contributed by atoms with Crippen molar-refractivity contribution in [3.05, 3.63) is 47.5 Å². The molecule has 0 saturated carbocycles. The van der Waals surface area contributed by atoms with Gasteiger partial charge in [0.1, 0.15) is 24.9 Å². The van der Waals surface area contributed by atoms with Gasteiger partial charge in [0, 0.05) is 43.9 Å². The molecule has 38 heavy (non-hydrogen) atoms. The van der Waals surface area contributed by atoms with Gasteiger partial charge in [0.25, 0.3) is 0 Å². The highest BCUT2D eigenvalue weighted by molar-refractivity contribution is 6.31. The highest BCUT2D eigenvalue weighted by atomic mass is 35.5. The maximum atomic E-state index is 14.5. The van der Waals surface area contributed by atoms with Crippen LogP contribution in [-0.4, -0.2) is 78.4 Å². The molecule has 1 fully saturated rings. The number of likely N-dealkylation sites (N-methyl/N-ethyl adjacent to an activating group) is 1. The van der Waals surface area contributed by atoms with E-state index in [1.165, 1.54) is 12.4 Å². The summed E-state index contributed by atoms with van der Waals surface area (Å²) in [4.78, 5) is 25.0. The first-order chi connectivity index (χ1) is 18.4. The van der Waals surface area contributed by atoms with E-state index in [9.17, 15) is 9.18 Å². The van der Waals surface area contributed by atoms with Crippen LogP contribution in [0, 0.1) is 5.82 Å². The number of rotatable bonds is 10. The third-order valence-electron chi connectivity index (χ3n) is 6.65. The number of carbonyl (C=O) groups is 1. The molecule has 1 aliphatic heterocycles. The molecule has 204 valence electrons. The maximum absolute atomic E-state index is 14.5. The minimum atomic E-state index is -0.566. The van der Waals surface area contributed by atoms with Gasteiger partial charge in [0.05, 0.1) is 23.3 Å². The molecule has 0 spiro atoms. The summed E-state index contributed by atoms with van der Waals surface area (Å²) in [6.45, 7) is 8.21. The number of likely N-dealkylation sites (tertiary alicyclic amines) is 1. The van der Waals surface area contributed by atoms with Crippen LogP contribution in [0.3, 0.4) is 0 Å². The number of halogens is 2. The number of nitrogens with one attached hydrogen (secondary N) is 1. The lowest BCUT2D eigenvalue weighted by Gasteiger charge is -2.32. The number of nitrogens with zero attached hydrogens (tertiary/aromatic N) is 4. The van der Waals surface area contributed by atoms with E-state index < -0.39 is 5.82 Å². The van der Waals surface area contributed by atoms with Crippen LogP contribution in [0.15, 0.2) is 36.7 Å². The van der Waals surface area contributed by atoms with Crippen molar-refractivity contribution >= 4 is 40.1 Å². The van der Waals surface area contributed by atoms with Crippen LogP contribution in [0.4, 0.5) is 20.7 Å². The van der Waals surface area contributed by atoms with Gasteiger partial charge in [-0.05, 0) is 31.3 Å². The monoisotopic (exact) mass is 545 g/mol. The Morgan fingerprint density at radius 2 is 1.95 bits per heavy atom. The highest BCUT2D eigenvalue weighted by Gasteiger charge is 2.26. The van der Waals surface area contributed by atoms with E-state index in [1.807, 2.05) is 0 Å². The van der Waals surface area contributed by atoms with E-state index in [1.54, 1.807) is 36.3 Å². The average Bonchev–Trinajstić information content (AvgIpc) is 2.94. The molecular weight excluding hydrogens is 513 g/mol. The summed E-state index contributed by atoms with van der Waals surface area (Å²) in [5.41, 5.74) is 0.809. The van der Waals surface area contributed by atoms with Crippen molar-refractivity contribution in [2.75, 3.05) is 51.8 Å². The first kappa shape index (κ1) is 27.7. The fourth-order valence-electron chi connectivity index (χ4n) is 4.37. The van der Waals surface area contributed by atoms with Crippen LogP contribution in [0.5, 0.6) is 11.5 Å². The fourth-order valence-corrected chi connectivity index (χ4v) is 4.55. The molecule has 0 unspecified atom stereocenters. The Labute approximate surface area is 226 Å². The van der Waals surface area contributed by atoms with Crippen molar-refractivity contribution in [1.29, 1.82) is 0 Å². The second kappa shape index (κ2) is 12.9. The molecule has 1 saturated heterocycles. The summed E-state index contributed by atoms with van der Waals surface area (Å²) in [7, 11) is 1.56. The topological polar surface area (TPSA) is 89.1 Å². The molecule has 1 N–H and O–H groups in total. The Morgan fingerprint density at radius 3 is 2.66 bits per heavy atom. The first-order valence-electron chi connectivity index (χ1n) is 12.8. The zero-order valence-corrected chi connectivity index (χ0v) is 22.6. The third kappa shape index (κ3) is 6.54. The summed E-state index contributed by atoms with van der Waals surface area (Å²) < 4.78 is 31.8. The number of fused-ring (bicyclic) bond motifs is 1. The van der Waals surface area contributed by atoms with Crippen molar-refractivity contribution in [3.8, 4) is 11.5 Å². The highest BCUT2D eigenvalue weighted by Crippen LogP contribution is 2.36. The number of hydrogen-bond donors (Lipinski definition) is 1. The lowest BCUT2D eigenvalue weighted by atomic mass is 10.1. The molecule has 2 aromatic carbocycles. The van der Waals surface area contributed by atoms with Gasteiger partial charge in [0.2, 0.25) is 0 Å². The molecular formula is C27H33ClFN5O4. The molecule has 9 nitrogen and oxygen atoms in total. The number of piperidine rings is 1. The Balaban J connectivity index is 1.43. The van der Waals surface area contributed by atoms with E-state index in [4.69, 9.17) is 25.8 Å². The molecule has 11 heteroatoms. The lowest BCUT2D eigenvalue weighted by molar-refractivity contribution is 0.0617. The standard InChI is InChI=1S/C27H33ClFN5O4/c1-4-33(5-2)13-14-37-27(35)34-11-9-18(10-12-34)38-24-15-19-22(16-23(24)36-3)30-17-31-26(19)32-21-8-6-7-20(28)25(21)29/h6-8,15-18H,4-5,9-14H2,1-3H3,(H,30,31,32). The smallest absolute Gasteiger partial charge is 0.409 e. The molecule has 0 aliphatic carbocycles. The SMILES string of the molecule is CCN(CC)CCOC(=O)N1CCC(Oc2cc3c(Nc4cccc(Cl)c4F)ncnc3cc2OC)CC1. The summed E-state index contributed by atoms with van der Waals surface area (Å²) >= 11 is 5.93. The minimum absolute atomic E-state index is 0.0122. The van der Waals surface area contributed by atoms with Gasteiger partial charge in [0.15, 0.2) is 17.3 Å². The molecule has 0 atom stereocenters. The Hall–Kier alpha value is -3.37. The number of anilines is 2. The average molecular weight is 546 g/mol. The summed E-state index contributed by atoms with van der Waals surface area (Å²) in [6, 6.07) is 8.26. The number of amides is 1. The largest absolute Gasteiger partial charge is 0.493 e. The fraction of sp³-hybridized carbons (Fsp3) is 0.444. The molecule has 1 aliphatic rings. The van der Waals surface area contributed by atoms with Crippen LogP contribution in [0.25, 0.3) is 10.9 Å². The number of methoxy groups -OCH3 is 1. The van der Waals surface area contributed by atoms with Crippen LogP contribution in [0.1, 0.15) is 26.7 Å². The number of carbonyl (C=O) groups excluding carboxylic acids is 1. The zero-order chi connectivity index (χ0) is 27.1. The molecule has 4 rings (SSSR count). The van der Waals surface area contributed by atoms with E-state index in [-0.39, 0.29) is 22.9 Å². The molecule has 1 aromatic heterocycles. The van der Waals surface area contributed by atoms with E-state index in [2.05, 4.69) is 34.0 Å². The summed E-state index contributed by atoms with van der Waals surface area (Å²) in [6.07, 6.45) is 2.28.